The first-order valence-corrected chi connectivity index (χ1v) is 5.60. The zero-order valence-electron chi connectivity index (χ0n) is 10.2. The summed E-state index contributed by atoms with van der Waals surface area (Å²) in [6, 6.07) is 7.41. The fraction of sp³-hybridized carbons (Fsp3) is 0.357. The maximum Gasteiger partial charge on any atom is 0.307 e. The molecule has 0 saturated heterocycles. The Morgan fingerprint density at radius 2 is 2.06 bits per heavy atom. The molecular formula is C14H17NO2. The fourth-order valence-corrected chi connectivity index (χ4v) is 1.54. The standard InChI is InChI=1S/C14H17NO2/c1-3-5-12(10-14(16)17-4-2)11-6-8-13(15)9-7-11/h6-9,12H,4,10,15H2,1-2H3/t12-/m0/s1. The molecule has 1 rings (SSSR count). The first-order chi connectivity index (χ1) is 8.17. The highest BCUT2D eigenvalue weighted by Crippen LogP contribution is 2.20. The average molecular weight is 231 g/mol. The van der Waals surface area contributed by atoms with Gasteiger partial charge >= 0.3 is 5.97 Å². The van der Waals surface area contributed by atoms with Crippen LogP contribution in [-0.4, -0.2) is 12.6 Å². The van der Waals surface area contributed by atoms with Crippen molar-refractivity contribution in [1.82, 2.24) is 0 Å². The van der Waals surface area contributed by atoms with Crippen molar-refractivity contribution in [2.45, 2.75) is 26.2 Å². The van der Waals surface area contributed by atoms with Crippen molar-refractivity contribution < 1.29 is 9.53 Å². The number of hydrogen-bond acceptors (Lipinski definition) is 3. The lowest BCUT2D eigenvalue weighted by atomic mass is 9.96. The Labute approximate surface area is 102 Å². The SMILES string of the molecule is CC#C[C@@H](CC(=O)OCC)c1ccc(N)cc1. The average Bonchev–Trinajstić information content (AvgIpc) is 2.30. The van der Waals surface area contributed by atoms with Gasteiger partial charge < -0.3 is 10.5 Å². The molecule has 1 aromatic carbocycles. The maximum atomic E-state index is 11.5. The van der Waals surface area contributed by atoms with E-state index in [2.05, 4.69) is 11.8 Å². The quantitative estimate of drug-likeness (QED) is 0.491. The van der Waals surface area contributed by atoms with Crippen molar-refractivity contribution in [2.75, 3.05) is 12.3 Å². The molecule has 2 N–H and O–H groups in total. The predicted octanol–water partition coefficient (Wildman–Crippen LogP) is 2.33. The Morgan fingerprint density at radius 3 is 2.59 bits per heavy atom. The highest BCUT2D eigenvalue weighted by atomic mass is 16.5. The van der Waals surface area contributed by atoms with Crippen molar-refractivity contribution in [1.29, 1.82) is 0 Å². The van der Waals surface area contributed by atoms with Gasteiger partial charge in [0, 0.05) is 5.69 Å². The van der Waals surface area contributed by atoms with Crippen LogP contribution in [0.4, 0.5) is 5.69 Å². The van der Waals surface area contributed by atoms with Crippen LogP contribution in [0.1, 0.15) is 31.7 Å². The van der Waals surface area contributed by atoms with Crippen LogP contribution in [0, 0.1) is 11.8 Å². The van der Waals surface area contributed by atoms with Gasteiger partial charge in [-0.3, -0.25) is 4.79 Å². The normalized spacial score (nSPS) is 11.2. The molecule has 0 unspecified atom stereocenters. The highest BCUT2D eigenvalue weighted by Gasteiger charge is 2.14. The fourth-order valence-electron chi connectivity index (χ4n) is 1.54. The molecule has 0 aromatic heterocycles. The first kappa shape index (κ1) is 13.1. The number of esters is 1. The summed E-state index contributed by atoms with van der Waals surface area (Å²) in [5, 5.41) is 0. The molecule has 0 aliphatic carbocycles. The molecule has 0 aliphatic heterocycles. The molecule has 3 nitrogen and oxygen atoms in total. The van der Waals surface area contributed by atoms with Crippen LogP contribution in [0.3, 0.4) is 0 Å². The monoisotopic (exact) mass is 231 g/mol. The van der Waals surface area contributed by atoms with Gasteiger partial charge in [0.05, 0.1) is 18.9 Å². The van der Waals surface area contributed by atoms with E-state index in [-0.39, 0.29) is 18.3 Å². The molecule has 0 fully saturated rings. The highest BCUT2D eigenvalue weighted by molar-refractivity contribution is 5.71. The minimum absolute atomic E-state index is 0.125. The number of benzene rings is 1. The van der Waals surface area contributed by atoms with Gasteiger partial charge in [0.25, 0.3) is 0 Å². The van der Waals surface area contributed by atoms with Gasteiger partial charge in [-0.1, -0.05) is 18.1 Å². The molecule has 17 heavy (non-hydrogen) atoms. The lowest BCUT2D eigenvalue weighted by Crippen LogP contribution is -2.09. The van der Waals surface area contributed by atoms with E-state index in [0.29, 0.717) is 12.3 Å². The molecule has 0 spiro atoms. The van der Waals surface area contributed by atoms with Crippen LogP contribution in [0.5, 0.6) is 0 Å². The second kappa shape index (κ2) is 6.59. The molecule has 1 atom stereocenters. The summed E-state index contributed by atoms with van der Waals surface area (Å²) in [5.41, 5.74) is 7.31. The first-order valence-electron chi connectivity index (χ1n) is 5.60. The topological polar surface area (TPSA) is 52.3 Å². The number of ether oxygens (including phenoxy) is 1. The number of carbonyl (C=O) groups is 1. The summed E-state index contributed by atoms with van der Waals surface area (Å²) in [6.07, 6.45) is 0.276. The van der Waals surface area contributed by atoms with Crippen LogP contribution in [0.2, 0.25) is 0 Å². The molecule has 90 valence electrons. The van der Waals surface area contributed by atoms with E-state index in [1.165, 1.54) is 0 Å². The largest absolute Gasteiger partial charge is 0.466 e. The third-order valence-electron chi connectivity index (χ3n) is 2.33. The van der Waals surface area contributed by atoms with Crippen LogP contribution >= 0.6 is 0 Å². The van der Waals surface area contributed by atoms with E-state index >= 15 is 0 Å². The van der Waals surface area contributed by atoms with E-state index < -0.39 is 0 Å². The minimum Gasteiger partial charge on any atom is -0.466 e. The van der Waals surface area contributed by atoms with Crippen LogP contribution < -0.4 is 5.73 Å². The summed E-state index contributed by atoms with van der Waals surface area (Å²) in [5.74, 6) is 5.51. The van der Waals surface area contributed by atoms with Gasteiger partial charge in [0.15, 0.2) is 0 Å². The Morgan fingerprint density at radius 1 is 1.41 bits per heavy atom. The second-order valence-corrected chi connectivity index (χ2v) is 3.62. The lowest BCUT2D eigenvalue weighted by molar-refractivity contribution is -0.143. The number of anilines is 1. The molecule has 0 heterocycles. The van der Waals surface area contributed by atoms with E-state index in [0.717, 1.165) is 5.56 Å². The molecule has 0 amide bonds. The summed E-state index contributed by atoms with van der Waals surface area (Å²) in [4.78, 5) is 11.5. The van der Waals surface area contributed by atoms with Gasteiger partial charge in [0.1, 0.15) is 0 Å². The smallest absolute Gasteiger partial charge is 0.307 e. The summed E-state index contributed by atoms with van der Waals surface area (Å²) in [6.45, 7) is 3.95. The van der Waals surface area contributed by atoms with Gasteiger partial charge in [-0.05, 0) is 31.5 Å². The summed E-state index contributed by atoms with van der Waals surface area (Å²) in [7, 11) is 0. The third-order valence-corrected chi connectivity index (χ3v) is 2.33. The van der Waals surface area contributed by atoms with E-state index in [4.69, 9.17) is 10.5 Å². The predicted molar refractivity (Wildman–Crippen MR) is 68.3 cm³/mol. The molecule has 1 aromatic rings. The Balaban J connectivity index is 2.81. The van der Waals surface area contributed by atoms with Gasteiger partial charge in [-0.25, -0.2) is 0 Å². The molecule has 3 heteroatoms. The molecule has 0 radical (unpaired) electrons. The Kier molecular flexibility index (Phi) is 5.09. The van der Waals surface area contributed by atoms with Gasteiger partial charge in [0.2, 0.25) is 0 Å². The van der Waals surface area contributed by atoms with E-state index in [1.54, 1.807) is 13.8 Å². The van der Waals surface area contributed by atoms with Crippen LogP contribution in [0.25, 0.3) is 0 Å². The summed E-state index contributed by atoms with van der Waals surface area (Å²) < 4.78 is 4.93. The second-order valence-electron chi connectivity index (χ2n) is 3.62. The van der Waals surface area contributed by atoms with Gasteiger partial charge in [-0.15, -0.1) is 5.92 Å². The summed E-state index contributed by atoms with van der Waals surface area (Å²) >= 11 is 0. The van der Waals surface area contributed by atoms with Crippen molar-refractivity contribution in [3.63, 3.8) is 0 Å². The van der Waals surface area contributed by atoms with Crippen molar-refractivity contribution in [3.05, 3.63) is 29.8 Å². The Hall–Kier alpha value is -1.95. The number of nitrogens with two attached hydrogens (primary N) is 1. The van der Waals surface area contributed by atoms with E-state index in [1.807, 2.05) is 24.3 Å². The van der Waals surface area contributed by atoms with Gasteiger partial charge in [-0.2, -0.15) is 0 Å². The number of nitrogen functional groups attached to an aromatic ring is 1. The van der Waals surface area contributed by atoms with Crippen molar-refractivity contribution in [3.8, 4) is 11.8 Å². The zero-order valence-corrected chi connectivity index (χ0v) is 10.2. The Bertz CT molecular complexity index is 426. The maximum absolute atomic E-state index is 11.5. The van der Waals surface area contributed by atoms with Crippen molar-refractivity contribution >= 4 is 11.7 Å². The van der Waals surface area contributed by atoms with Crippen LogP contribution in [0.15, 0.2) is 24.3 Å². The zero-order chi connectivity index (χ0) is 12.7. The molecule has 0 saturated carbocycles. The number of carbonyl (C=O) groups excluding carboxylic acids is 1. The number of rotatable bonds is 4. The molecule has 0 aliphatic rings. The minimum atomic E-state index is -0.225. The molecule has 0 bridgehead atoms. The number of hydrogen-bond donors (Lipinski definition) is 1. The third kappa shape index (κ3) is 4.20. The van der Waals surface area contributed by atoms with E-state index in [9.17, 15) is 4.79 Å². The van der Waals surface area contributed by atoms with Crippen molar-refractivity contribution in [2.24, 2.45) is 0 Å². The lowest BCUT2D eigenvalue weighted by Gasteiger charge is -2.10. The molecular weight excluding hydrogens is 214 g/mol. The van der Waals surface area contributed by atoms with Crippen LogP contribution in [-0.2, 0) is 9.53 Å².